The normalized spacial score (nSPS) is 18.5. The van der Waals surface area contributed by atoms with Crippen LogP contribution in [0.15, 0.2) is 18.2 Å². The van der Waals surface area contributed by atoms with Gasteiger partial charge in [0, 0.05) is 17.2 Å². The summed E-state index contributed by atoms with van der Waals surface area (Å²) in [6.07, 6.45) is -4.79. The minimum Gasteiger partial charge on any atom is -0.472 e. The van der Waals surface area contributed by atoms with Crippen molar-refractivity contribution in [2.75, 3.05) is 19.4 Å². The number of aromatic nitrogens is 3. The molecule has 0 radical (unpaired) electrons. The van der Waals surface area contributed by atoms with Gasteiger partial charge in [-0.15, -0.1) is 0 Å². The molecule has 1 saturated heterocycles. The Kier molecular flexibility index (Phi) is 5.63. The molecule has 3 N–H and O–H groups in total. The van der Waals surface area contributed by atoms with Crippen molar-refractivity contribution < 1.29 is 31.4 Å². The van der Waals surface area contributed by atoms with Gasteiger partial charge in [0.2, 0.25) is 5.88 Å². The second kappa shape index (κ2) is 8.41. The van der Waals surface area contributed by atoms with E-state index in [0.717, 1.165) is 29.5 Å². The minimum absolute atomic E-state index is 0.0694. The van der Waals surface area contributed by atoms with Gasteiger partial charge in [0.1, 0.15) is 17.4 Å². The van der Waals surface area contributed by atoms with Crippen LogP contribution in [-0.2, 0) is 6.18 Å². The van der Waals surface area contributed by atoms with Gasteiger partial charge in [-0.3, -0.25) is 0 Å². The minimum atomic E-state index is -4.98. The van der Waals surface area contributed by atoms with E-state index in [9.17, 15) is 17.6 Å². The lowest BCUT2D eigenvalue weighted by molar-refractivity contribution is -0.137. The number of nitrogen functional groups attached to an aromatic ring is 1. The molecule has 13 heteroatoms. The average molecular weight is 511 g/mol. The molecule has 0 spiro atoms. The summed E-state index contributed by atoms with van der Waals surface area (Å²) >= 11 is 0.753. The second-order valence-corrected chi connectivity index (χ2v) is 9.07. The SMILES string of the molecule is COc1nc(OC2CCN[C@@H]2C)c2cc(C(F)(F)F)c(-c3ccc(F)c4sc(N)nc34)c(F)c2n1. The first-order chi connectivity index (χ1) is 16.6. The Morgan fingerprint density at radius 2 is 1.91 bits per heavy atom. The summed E-state index contributed by atoms with van der Waals surface area (Å²) in [5, 5.41) is 2.83. The first kappa shape index (κ1) is 23.4. The van der Waals surface area contributed by atoms with Crippen LogP contribution in [0.25, 0.3) is 32.2 Å². The summed E-state index contributed by atoms with van der Waals surface area (Å²) in [7, 11) is 1.25. The first-order valence-corrected chi connectivity index (χ1v) is 11.3. The standard InChI is InChI=1S/C22H18F5N5O2S/c1-8-13(5-6-29-8)34-19-10-7-11(22(25,26)27)14(15(24)16(10)31-21(32-19)33-2)9-3-4-12(23)18-17(9)30-20(28)35-18/h3-4,7-8,13,29H,5-6H2,1-2H3,(H2,28,30)/t8-,13?/m1/s1. The van der Waals surface area contributed by atoms with Crippen molar-refractivity contribution in [2.45, 2.75) is 31.7 Å². The number of alkyl halides is 3. The quantitative estimate of drug-likeness (QED) is 0.376. The van der Waals surface area contributed by atoms with Gasteiger partial charge < -0.3 is 20.5 Å². The van der Waals surface area contributed by atoms with E-state index in [1.54, 1.807) is 0 Å². The molecule has 0 aliphatic carbocycles. The third-order valence-electron chi connectivity index (χ3n) is 5.86. The number of methoxy groups -OCH3 is 1. The Labute approximate surface area is 199 Å². The monoisotopic (exact) mass is 511 g/mol. The van der Waals surface area contributed by atoms with Gasteiger partial charge in [-0.1, -0.05) is 11.3 Å². The van der Waals surface area contributed by atoms with Gasteiger partial charge in [0.25, 0.3) is 0 Å². The maximum absolute atomic E-state index is 16.0. The van der Waals surface area contributed by atoms with E-state index in [-0.39, 0.29) is 44.2 Å². The Bertz CT molecular complexity index is 1460. The largest absolute Gasteiger partial charge is 0.472 e. The molecular formula is C22H18F5N5O2S. The number of nitrogens with two attached hydrogens (primary N) is 1. The number of hydrogen-bond acceptors (Lipinski definition) is 8. The second-order valence-electron chi connectivity index (χ2n) is 8.04. The number of halogens is 5. The van der Waals surface area contributed by atoms with Gasteiger partial charge in [0.15, 0.2) is 10.9 Å². The smallest absolute Gasteiger partial charge is 0.417 e. The fourth-order valence-corrected chi connectivity index (χ4v) is 4.94. The van der Waals surface area contributed by atoms with Gasteiger partial charge >= 0.3 is 12.2 Å². The van der Waals surface area contributed by atoms with Crippen LogP contribution in [-0.4, -0.2) is 40.8 Å². The lowest BCUT2D eigenvalue weighted by atomic mass is 9.95. The Hall–Kier alpha value is -3.32. The van der Waals surface area contributed by atoms with E-state index in [4.69, 9.17) is 15.2 Å². The lowest BCUT2D eigenvalue weighted by Crippen LogP contribution is -2.31. The van der Waals surface area contributed by atoms with Crippen molar-refractivity contribution in [3.05, 3.63) is 35.4 Å². The number of anilines is 1. The van der Waals surface area contributed by atoms with Crippen LogP contribution in [0.3, 0.4) is 0 Å². The number of rotatable bonds is 4. The molecule has 2 aromatic heterocycles. The first-order valence-electron chi connectivity index (χ1n) is 10.5. The van der Waals surface area contributed by atoms with E-state index in [1.165, 1.54) is 7.11 Å². The van der Waals surface area contributed by atoms with E-state index >= 15 is 4.39 Å². The molecule has 2 atom stereocenters. The molecular weight excluding hydrogens is 493 g/mol. The van der Waals surface area contributed by atoms with Crippen LogP contribution in [0, 0.1) is 11.6 Å². The molecule has 1 aliphatic heterocycles. The van der Waals surface area contributed by atoms with Crippen LogP contribution >= 0.6 is 11.3 Å². The number of hydrogen-bond donors (Lipinski definition) is 2. The lowest BCUT2D eigenvalue weighted by Gasteiger charge is -2.20. The summed E-state index contributed by atoms with van der Waals surface area (Å²) < 4.78 is 84.0. The van der Waals surface area contributed by atoms with Crippen molar-refractivity contribution in [3.63, 3.8) is 0 Å². The number of nitrogens with one attached hydrogen (secondary N) is 1. The number of thiazole rings is 1. The Morgan fingerprint density at radius 1 is 1.14 bits per heavy atom. The molecule has 0 bridgehead atoms. The molecule has 2 aromatic carbocycles. The van der Waals surface area contributed by atoms with Gasteiger partial charge in [-0.05, 0) is 38.1 Å². The zero-order chi connectivity index (χ0) is 25.1. The van der Waals surface area contributed by atoms with E-state index in [1.807, 2.05) is 6.92 Å². The van der Waals surface area contributed by atoms with Crippen LogP contribution in [0.1, 0.15) is 18.9 Å². The summed E-state index contributed by atoms with van der Waals surface area (Å²) in [5.41, 5.74) is 2.65. The summed E-state index contributed by atoms with van der Waals surface area (Å²) in [5.74, 6) is -2.25. The summed E-state index contributed by atoms with van der Waals surface area (Å²) in [4.78, 5) is 12.0. The highest BCUT2D eigenvalue weighted by atomic mass is 32.1. The molecule has 184 valence electrons. The van der Waals surface area contributed by atoms with Crippen molar-refractivity contribution in [1.82, 2.24) is 20.3 Å². The summed E-state index contributed by atoms with van der Waals surface area (Å²) in [6, 6.07) is 2.35. The van der Waals surface area contributed by atoms with Crippen molar-refractivity contribution in [2.24, 2.45) is 0 Å². The molecule has 0 amide bonds. The summed E-state index contributed by atoms with van der Waals surface area (Å²) in [6.45, 7) is 2.51. The highest BCUT2D eigenvalue weighted by molar-refractivity contribution is 7.22. The highest BCUT2D eigenvalue weighted by Crippen LogP contribution is 2.46. The topological polar surface area (TPSA) is 95.2 Å². The zero-order valence-electron chi connectivity index (χ0n) is 18.3. The fourth-order valence-electron chi connectivity index (χ4n) is 4.18. The molecule has 5 rings (SSSR count). The van der Waals surface area contributed by atoms with Gasteiger partial charge in [0.05, 0.1) is 28.3 Å². The van der Waals surface area contributed by atoms with Crippen LogP contribution in [0.4, 0.5) is 27.1 Å². The molecule has 1 aliphatic rings. The van der Waals surface area contributed by atoms with Crippen LogP contribution < -0.4 is 20.5 Å². The van der Waals surface area contributed by atoms with Gasteiger partial charge in [-0.2, -0.15) is 23.1 Å². The zero-order valence-corrected chi connectivity index (χ0v) is 19.2. The van der Waals surface area contributed by atoms with Gasteiger partial charge in [-0.25, -0.2) is 13.8 Å². The number of nitrogens with zero attached hydrogens (tertiary/aromatic N) is 3. The van der Waals surface area contributed by atoms with E-state index < -0.39 is 40.6 Å². The molecule has 3 heterocycles. The molecule has 0 saturated carbocycles. The Morgan fingerprint density at radius 3 is 2.57 bits per heavy atom. The average Bonchev–Trinajstić information content (AvgIpc) is 3.39. The molecule has 35 heavy (non-hydrogen) atoms. The molecule has 4 aromatic rings. The predicted octanol–water partition coefficient (Wildman–Crippen LogP) is 4.92. The van der Waals surface area contributed by atoms with Crippen molar-refractivity contribution >= 4 is 37.6 Å². The maximum Gasteiger partial charge on any atom is 0.417 e. The van der Waals surface area contributed by atoms with Crippen LogP contribution in [0.5, 0.6) is 11.9 Å². The maximum atomic E-state index is 16.0. The third kappa shape index (κ3) is 3.97. The molecule has 1 fully saturated rings. The van der Waals surface area contributed by atoms with Crippen molar-refractivity contribution in [1.29, 1.82) is 0 Å². The van der Waals surface area contributed by atoms with E-state index in [2.05, 4.69) is 20.3 Å². The number of ether oxygens (including phenoxy) is 2. The number of fused-ring (bicyclic) bond motifs is 2. The van der Waals surface area contributed by atoms with Crippen LogP contribution in [0.2, 0.25) is 0 Å². The molecule has 7 nitrogen and oxygen atoms in total. The predicted molar refractivity (Wildman–Crippen MR) is 121 cm³/mol. The van der Waals surface area contributed by atoms with E-state index in [0.29, 0.717) is 13.0 Å². The highest BCUT2D eigenvalue weighted by Gasteiger charge is 2.38. The fraction of sp³-hybridized carbons (Fsp3) is 0.318. The Balaban J connectivity index is 1.83. The third-order valence-corrected chi connectivity index (χ3v) is 6.75. The number of benzene rings is 2. The molecule has 1 unspecified atom stereocenters. The van der Waals surface area contributed by atoms with Crippen molar-refractivity contribution in [3.8, 4) is 23.0 Å².